The molecular formula is C40H56N4O5. The van der Waals surface area contributed by atoms with Crippen molar-refractivity contribution in [3.05, 3.63) is 66.2 Å². The maximum atomic E-state index is 14.5. The second kappa shape index (κ2) is 17.8. The van der Waals surface area contributed by atoms with Crippen molar-refractivity contribution >= 4 is 34.1 Å². The second-order valence-corrected chi connectivity index (χ2v) is 14.3. The summed E-state index contributed by atoms with van der Waals surface area (Å²) in [7, 11) is 2.19. The first-order chi connectivity index (χ1) is 23.7. The van der Waals surface area contributed by atoms with Crippen LogP contribution in [-0.4, -0.2) is 85.0 Å². The van der Waals surface area contributed by atoms with E-state index in [0.717, 1.165) is 49.0 Å². The Hall–Kier alpha value is -3.66. The number of nitrogens with zero attached hydrogens (tertiary/aromatic N) is 2. The lowest BCUT2D eigenvalue weighted by atomic mass is 9.89. The summed E-state index contributed by atoms with van der Waals surface area (Å²) in [6, 6.07) is 18.0. The smallest absolute Gasteiger partial charge is 0.323 e. The number of hydrogen-bond acceptors (Lipinski definition) is 6. The number of benzene rings is 3. The molecule has 1 aliphatic carbocycles. The van der Waals surface area contributed by atoms with Crippen LogP contribution in [0.15, 0.2) is 60.7 Å². The standard InChI is InChI=1S/C40H56N4O5/c1-28-24-44(29(2)27-45)39(46)35-23-33(41-40(47)42-36-19-12-17-32-16-8-9-18-34(32)36)20-21-37(35)49-30(3)13-10-11-22-48-38(28)26-43(4)25-31-14-6-5-7-15-31/h8-9,12,16-21,23,28-31,38,45H,5-7,10-11,13-15,22,24-27H2,1-4H3,(H2,41,42,47)/t28-,29-,30-,38-/m0/s1. The number of aliphatic hydroxyl groups excluding tert-OH is 1. The van der Waals surface area contributed by atoms with Gasteiger partial charge >= 0.3 is 6.03 Å². The van der Waals surface area contributed by atoms with E-state index in [1.165, 1.54) is 32.1 Å². The van der Waals surface area contributed by atoms with Crippen molar-refractivity contribution in [1.29, 1.82) is 0 Å². The molecule has 3 aromatic rings. The van der Waals surface area contributed by atoms with Gasteiger partial charge < -0.3 is 35.0 Å². The normalized spacial score (nSPS) is 22.2. The molecule has 0 radical (unpaired) electrons. The Labute approximate surface area is 292 Å². The zero-order valence-corrected chi connectivity index (χ0v) is 29.8. The minimum Gasteiger partial charge on any atom is -0.490 e. The number of aliphatic hydroxyl groups is 1. The van der Waals surface area contributed by atoms with Gasteiger partial charge in [0.15, 0.2) is 0 Å². The van der Waals surface area contributed by atoms with Crippen LogP contribution in [-0.2, 0) is 4.74 Å². The predicted octanol–water partition coefficient (Wildman–Crippen LogP) is 7.79. The molecule has 3 N–H and O–H groups in total. The van der Waals surface area contributed by atoms with Crippen molar-refractivity contribution < 1.29 is 24.2 Å². The molecule has 9 heteroatoms. The first-order valence-corrected chi connectivity index (χ1v) is 18.3. The van der Waals surface area contributed by atoms with E-state index in [2.05, 4.69) is 29.5 Å². The molecule has 0 bridgehead atoms. The molecule has 4 atom stereocenters. The molecule has 0 aromatic heterocycles. The monoisotopic (exact) mass is 672 g/mol. The number of ether oxygens (including phenoxy) is 2. The van der Waals surface area contributed by atoms with Crippen LogP contribution in [0.2, 0.25) is 0 Å². The van der Waals surface area contributed by atoms with Crippen molar-refractivity contribution in [1.82, 2.24) is 9.80 Å². The number of amides is 3. The zero-order valence-electron chi connectivity index (χ0n) is 29.8. The van der Waals surface area contributed by atoms with Crippen molar-refractivity contribution in [3.8, 4) is 5.75 Å². The molecular weight excluding hydrogens is 616 g/mol. The Morgan fingerprint density at radius 1 is 0.959 bits per heavy atom. The van der Waals surface area contributed by atoms with Gasteiger partial charge in [0, 0.05) is 43.2 Å². The lowest BCUT2D eigenvalue weighted by molar-refractivity contribution is -0.0190. The van der Waals surface area contributed by atoms with Gasteiger partial charge in [-0.1, -0.05) is 62.6 Å². The summed E-state index contributed by atoms with van der Waals surface area (Å²) in [6.07, 6.45) is 9.10. The minimum absolute atomic E-state index is 0.0192. The molecule has 3 amide bonds. The summed E-state index contributed by atoms with van der Waals surface area (Å²) in [5.74, 6) is 0.971. The highest BCUT2D eigenvalue weighted by atomic mass is 16.5. The Morgan fingerprint density at radius 3 is 2.51 bits per heavy atom. The molecule has 49 heavy (non-hydrogen) atoms. The van der Waals surface area contributed by atoms with Crippen LogP contribution in [0.25, 0.3) is 10.8 Å². The van der Waals surface area contributed by atoms with E-state index >= 15 is 0 Å². The van der Waals surface area contributed by atoms with Gasteiger partial charge in [0.25, 0.3) is 5.91 Å². The van der Waals surface area contributed by atoms with Crippen LogP contribution in [0.3, 0.4) is 0 Å². The van der Waals surface area contributed by atoms with E-state index < -0.39 is 12.1 Å². The van der Waals surface area contributed by atoms with Crippen molar-refractivity contribution in [2.45, 2.75) is 90.4 Å². The third-order valence-electron chi connectivity index (χ3n) is 10.1. The average molecular weight is 673 g/mol. The van der Waals surface area contributed by atoms with Crippen LogP contribution in [0.5, 0.6) is 5.75 Å². The van der Waals surface area contributed by atoms with E-state index in [-0.39, 0.29) is 30.6 Å². The van der Waals surface area contributed by atoms with Crippen LogP contribution < -0.4 is 15.4 Å². The van der Waals surface area contributed by atoms with Crippen LogP contribution >= 0.6 is 0 Å². The number of carbonyl (C=O) groups excluding carboxylic acids is 2. The topological polar surface area (TPSA) is 103 Å². The number of nitrogens with one attached hydrogen (secondary N) is 2. The average Bonchev–Trinajstić information content (AvgIpc) is 3.10. The Bertz CT molecular complexity index is 1520. The Kier molecular flexibility index (Phi) is 13.3. The highest BCUT2D eigenvalue weighted by Gasteiger charge is 2.31. The van der Waals surface area contributed by atoms with E-state index in [4.69, 9.17) is 9.47 Å². The largest absolute Gasteiger partial charge is 0.490 e. The highest BCUT2D eigenvalue weighted by molar-refractivity contribution is 6.07. The number of hydrogen-bond donors (Lipinski definition) is 3. The van der Waals surface area contributed by atoms with Crippen molar-refractivity contribution in [2.24, 2.45) is 11.8 Å². The lowest BCUT2D eigenvalue weighted by Crippen LogP contribution is -2.47. The molecule has 3 aromatic carbocycles. The van der Waals surface area contributed by atoms with Gasteiger partial charge in [0.05, 0.1) is 36.1 Å². The molecule has 0 spiro atoms. The second-order valence-electron chi connectivity index (χ2n) is 14.3. The highest BCUT2D eigenvalue weighted by Crippen LogP contribution is 2.30. The first-order valence-electron chi connectivity index (χ1n) is 18.3. The fourth-order valence-electron chi connectivity index (χ4n) is 7.27. The zero-order chi connectivity index (χ0) is 34.8. The van der Waals surface area contributed by atoms with Gasteiger partial charge in [-0.25, -0.2) is 4.79 Å². The van der Waals surface area contributed by atoms with Crippen LogP contribution in [0, 0.1) is 11.8 Å². The van der Waals surface area contributed by atoms with Gasteiger partial charge in [-0.2, -0.15) is 0 Å². The van der Waals surface area contributed by atoms with Gasteiger partial charge in [0.1, 0.15) is 5.75 Å². The van der Waals surface area contributed by atoms with E-state index in [1.807, 2.05) is 56.3 Å². The number of likely N-dealkylation sites (N-methyl/N-ethyl adjacent to an activating group) is 1. The van der Waals surface area contributed by atoms with E-state index in [9.17, 15) is 14.7 Å². The molecule has 1 aliphatic heterocycles. The summed E-state index contributed by atoms with van der Waals surface area (Å²) in [4.78, 5) is 31.8. The summed E-state index contributed by atoms with van der Waals surface area (Å²) in [5.41, 5.74) is 1.52. The van der Waals surface area contributed by atoms with E-state index in [1.54, 1.807) is 23.1 Å². The maximum Gasteiger partial charge on any atom is 0.323 e. The maximum absolute atomic E-state index is 14.5. The number of rotatable bonds is 8. The molecule has 5 rings (SSSR count). The molecule has 266 valence electrons. The predicted molar refractivity (Wildman–Crippen MR) is 198 cm³/mol. The lowest BCUT2D eigenvalue weighted by Gasteiger charge is -2.36. The molecule has 1 fully saturated rings. The molecule has 1 saturated carbocycles. The molecule has 2 aliphatic rings. The SMILES string of the molecule is C[C@H]1CCCCO[C@@H](CN(C)CC2CCCCC2)[C@@H](C)CN([C@@H](C)CO)C(=O)c2cc(NC(=O)Nc3cccc4ccccc34)ccc2O1. The quantitative estimate of drug-likeness (QED) is 0.226. The fraction of sp³-hybridized carbons (Fsp3) is 0.550. The number of urea groups is 1. The van der Waals surface area contributed by atoms with Gasteiger partial charge in [0.2, 0.25) is 0 Å². The molecule has 9 nitrogen and oxygen atoms in total. The Balaban J connectivity index is 1.37. The summed E-state index contributed by atoms with van der Waals surface area (Å²) in [5, 5.41) is 18.1. The summed E-state index contributed by atoms with van der Waals surface area (Å²) < 4.78 is 12.9. The third kappa shape index (κ3) is 10.2. The Morgan fingerprint density at radius 2 is 1.71 bits per heavy atom. The summed E-state index contributed by atoms with van der Waals surface area (Å²) in [6.45, 7) is 8.78. The molecule has 0 unspecified atom stereocenters. The summed E-state index contributed by atoms with van der Waals surface area (Å²) >= 11 is 0. The number of carbonyl (C=O) groups is 2. The minimum atomic E-state index is -0.431. The first kappa shape index (κ1) is 36.6. The number of fused-ring (bicyclic) bond motifs is 2. The third-order valence-corrected chi connectivity index (χ3v) is 10.1. The molecule has 1 heterocycles. The number of anilines is 2. The van der Waals surface area contributed by atoms with Gasteiger partial charge in [-0.15, -0.1) is 0 Å². The van der Waals surface area contributed by atoms with Crippen molar-refractivity contribution in [2.75, 3.05) is 50.5 Å². The van der Waals surface area contributed by atoms with Crippen LogP contribution in [0.1, 0.15) is 82.5 Å². The fourth-order valence-corrected chi connectivity index (χ4v) is 7.27. The molecule has 0 saturated heterocycles. The van der Waals surface area contributed by atoms with E-state index in [0.29, 0.717) is 35.8 Å². The van der Waals surface area contributed by atoms with Crippen molar-refractivity contribution in [3.63, 3.8) is 0 Å². The van der Waals surface area contributed by atoms with Gasteiger partial charge in [-0.3, -0.25) is 4.79 Å². The van der Waals surface area contributed by atoms with Gasteiger partial charge in [-0.05, 0) is 88.6 Å². The van der Waals surface area contributed by atoms with Crippen LogP contribution in [0.4, 0.5) is 16.2 Å².